The van der Waals surface area contributed by atoms with E-state index in [2.05, 4.69) is 10.1 Å². The van der Waals surface area contributed by atoms with E-state index in [9.17, 15) is 4.79 Å². The van der Waals surface area contributed by atoms with E-state index in [4.69, 9.17) is 0 Å². The molecule has 2 rings (SSSR count). The first-order chi connectivity index (χ1) is 7.16. The quantitative estimate of drug-likeness (QED) is 0.759. The maximum absolute atomic E-state index is 11.5. The highest BCUT2D eigenvalue weighted by molar-refractivity contribution is 5.82. The molecule has 0 aliphatic heterocycles. The molecule has 0 radical (unpaired) electrons. The lowest BCUT2D eigenvalue weighted by molar-refractivity contribution is -0.121. The summed E-state index contributed by atoms with van der Waals surface area (Å²) in [5.74, 6) is 0.277. The van der Waals surface area contributed by atoms with Gasteiger partial charge < -0.3 is 0 Å². The Kier molecular flexibility index (Phi) is 2.49. The Balaban J connectivity index is 2.25. The van der Waals surface area contributed by atoms with Gasteiger partial charge in [-0.25, -0.2) is 9.50 Å². The first-order valence-electron chi connectivity index (χ1n) is 4.99. The van der Waals surface area contributed by atoms with Gasteiger partial charge in [0, 0.05) is 24.6 Å². The Labute approximate surface area is 87.9 Å². The van der Waals surface area contributed by atoms with Crippen molar-refractivity contribution >= 4 is 11.4 Å². The molecule has 2 aromatic heterocycles. The van der Waals surface area contributed by atoms with Gasteiger partial charge in [0.15, 0.2) is 5.65 Å². The molecule has 0 saturated carbocycles. The molecular weight excluding hydrogens is 190 g/mol. The molecule has 0 N–H and O–H groups in total. The van der Waals surface area contributed by atoms with Gasteiger partial charge in [-0.15, -0.1) is 0 Å². The summed E-state index contributed by atoms with van der Waals surface area (Å²) in [6.45, 7) is 3.80. The first-order valence-corrected chi connectivity index (χ1v) is 4.99. The van der Waals surface area contributed by atoms with Gasteiger partial charge in [-0.3, -0.25) is 4.79 Å². The second-order valence-corrected chi connectivity index (χ2v) is 3.85. The Morgan fingerprint density at radius 3 is 3.00 bits per heavy atom. The van der Waals surface area contributed by atoms with Gasteiger partial charge in [0.2, 0.25) is 0 Å². The molecule has 4 heteroatoms. The summed E-state index contributed by atoms with van der Waals surface area (Å²) < 4.78 is 1.68. The number of fused-ring (bicyclic) bond motifs is 1. The maximum atomic E-state index is 11.5. The minimum absolute atomic E-state index is 0.0629. The fourth-order valence-electron chi connectivity index (χ4n) is 1.33. The molecule has 0 amide bonds. The van der Waals surface area contributed by atoms with E-state index >= 15 is 0 Å². The number of hydrogen-bond acceptors (Lipinski definition) is 3. The van der Waals surface area contributed by atoms with Crippen LogP contribution in [0.4, 0.5) is 0 Å². The highest BCUT2D eigenvalue weighted by atomic mass is 16.1. The highest BCUT2D eigenvalue weighted by Gasteiger charge is 2.09. The lowest BCUT2D eigenvalue weighted by Crippen LogP contribution is -2.11. The fourth-order valence-corrected chi connectivity index (χ4v) is 1.33. The zero-order valence-corrected chi connectivity index (χ0v) is 8.84. The maximum Gasteiger partial charge on any atom is 0.155 e. The van der Waals surface area contributed by atoms with Gasteiger partial charge in [-0.2, -0.15) is 5.10 Å². The predicted molar refractivity (Wildman–Crippen MR) is 56.5 cm³/mol. The molecule has 0 fully saturated rings. The molecule has 0 atom stereocenters. The molecule has 2 heterocycles. The van der Waals surface area contributed by atoms with E-state index in [-0.39, 0.29) is 11.7 Å². The molecule has 78 valence electrons. The number of carbonyl (C=O) groups excluding carboxylic acids is 1. The molecule has 0 saturated heterocycles. The molecule has 0 spiro atoms. The van der Waals surface area contributed by atoms with Crippen molar-refractivity contribution in [3.05, 3.63) is 30.2 Å². The highest BCUT2D eigenvalue weighted by Crippen LogP contribution is 2.05. The van der Waals surface area contributed by atoms with Crippen LogP contribution in [-0.2, 0) is 11.2 Å². The summed E-state index contributed by atoms with van der Waals surface area (Å²) >= 11 is 0. The summed E-state index contributed by atoms with van der Waals surface area (Å²) in [5, 5.41) is 4.04. The van der Waals surface area contributed by atoms with Crippen molar-refractivity contribution in [1.82, 2.24) is 14.6 Å². The third kappa shape index (κ3) is 2.03. The van der Waals surface area contributed by atoms with Crippen LogP contribution in [0.2, 0.25) is 0 Å². The van der Waals surface area contributed by atoms with Crippen LogP contribution in [0, 0.1) is 5.92 Å². The number of nitrogens with zero attached hydrogens (tertiary/aromatic N) is 3. The minimum atomic E-state index is 0.0629. The third-order valence-electron chi connectivity index (χ3n) is 2.31. The number of aromatic nitrogens is 3. The largest absolute Gasteiger partial charge is 0.299 e. The second-order valence-electron chi connectivity index (χ2n) is 3.85. The van der Waals surface area contributed by atoms with Crippen molar-refractivity contribution in [3.8, 4) is 0 Å². The molecule has 0 aliphatic carbocycles. The van der Waals surface area contributed by atoms with Crippen LogP contribution in [0.25, 0.3) is 5.65 Å². The Morgan fingerprint density at radius 2 is 2.27 bits per heavy atom. The van der Waals surface area contributed by atoms with E-state index < -0.39 is 0 Å². The average Bonchev–Trinajstić information content (AvgIpc) is 2.64. The van der Waals surface area contributed by atoms with Crippen molar-refractivity contribution in [3.63, 3.8) is 0 Å². The molecule has 4 nitrogen and oxygen atoms in total. The summed E-state index contributed by atoms with van der Waals surface area (Å²) in [6.07, 6.45) is 3.92. The minimum Gasteiger partial charge on any atom is -0.299 e. The molecule has 2 aromatic rings. The SMILES string of the molecule is CC(C)C(=O)Cc1ccn2nccc2n1. The zero-order valence-electron chi connectivity index (χ0n) is 8.84. The molecule has 0 unspecified atom stereocenters. The number of hydrogen-bond donors (Lipinski definition) is 0. The summed E-state index contributed by atoms with van der Waals surface area (Å²) in [4.78, 5) is 15.9. The van der Waals surface area contributed by atoms with E-state index in [1.807, 2.05) is 32.2 Å². The molecule has 0 bridgehead atoms. The van der Waals surface area contributed by atoms with E-state index in [1.54, 1.807) is 10.7 Å². The van der Waals surface area contributed by atoms with Crippen LogP contribution in [-0.4, -0.2) is 20.4 Å². The third-order valence-corrected chi connectivity index (χ3v) is 2.31. The standard InChI is InChI=1S/C11H13N3O/c1-8(2)10(15)7-9-4-6-14-11(13-9)3-5-12-14/h3-6,8H,7H2,1-2H3. The van der Waals surface area contributed by atoms with E-state index in [0.717, 1.165) is 11.3 Å². The van der Waals surface area contributed by atoms with Gasteiger partial charge in [-0.05, 0) is 6.07 Å². The first kappa shape index (κ1) is 9.83. The van der Waals surface area contributed by atoms with Crippen molar-refractivity contribution in [2.24, 2.45) is 5.92 Å². The summed E-state index contributed by atoms with van der Waals surface area (Å²) in [6, 6.07) is 3.66. The number of carbonyl (C=O) groups is 1. The number of Topliss-reactive ketones (excluding diaryl/α,β-unsaturated/α-hetero) is 1. The van der Waals surface area contributed by atoms with Crippen LogP contribution in [0.5, 0.6) is 0 Å². The Bertz CT molecular complexity index is 487. The van der Waals surface area contributed by atoms with Crippen LogP contribution >= 0.6 is 0 Å². The van der Waals surface area contributed by atoms with Crippen molar-refractivity contribution in [2.45, 2.75) is 20.3 Å². The lowest BCUT2D eigenvalue weighted by Gasteiger charge is -2.03. The second kappa shape index (κ2) is 3.81. The zero-order chi connectivity index (χ0) is 10.8. The van der Waals surface area contributed by atoms with Crippen molar-refractivity contribution < 1.29 is 4.79 Å². The van der Waals surface area contributed by atoms with E-state index in [0.29, 0.717) is 6.42 Å². The van der Waals surface area contributed by atoms with Crippen LogP contribution in [0.1, 0.15) is 19.5 Å². The molecule has 0 aromatic carbocycles. The predicted octanol–water partition coefficient (Wildman–Crippen LogP) is 1.50. The van der Waals surface area contributed by atoms with Crippen molar-refractivity contribution in [2.75, 3.05) is 0 Å². The number of ketones is 1. The monoisotopic (exact) mass is 203 g/mol. The topological polar surface area (TPSA) is 47.3 Å². The van der Waals surface area contributed by atoms with Crippen molar-refractivity contribution in [1.29, 1.82) is 0 Å². The molecule has 0 aliphatic rings. The van der Waals surface area contributed by atoms with Crippen LogP contribution < -0.4 is 0 Å². The van der Waals surface area contributed by atoms with Crippen LogP contribution in [0.15, 0.2) is 24.5 Å². The smallest absolute Gasteiger partial charge is 0.155 e. The Hall–Kier alpha value is -1.71. The molecule has 15 heavy (non-hydrogen) atoms. The normalized spacial score (nSPS) is 11.1. The van der Waals surface area contributed by atoms with E-state index in [1.165, 1.54) is 0 Å². The van der Waals surface area contributed by atoms with Gasteiger partial charge in [0.05, 0.1) is 11.9 Å². The molecular formula is C11H13N3O. The van der Waals surface area contributed by atoms with Gasteiger partial charge in [0.25, 0.3) is 0 Å². The average molecular weight is 203 g/mol. The van der Waals surface area contributed by atoms with Gasteiger partial charge in [0.1, 0.15) is 5.78 Å². The van der Waals surface area contributed by atoms with Crippen LogP contribution in [0.3, 0.4) is 0 Å². The Morgan fingerprint density at radius 1 is 1.47 bits per heavy atom. The summed E-state index contributed by atoms with van der Waals surface area (Å²) in [7, 11) is 0. The fraction of sp³-hybridized carbons (Fsp3) is 0.364. The summed E-state index contributed by atoms with van der Waals surface area (Å²) in [5.41, 5.74) is 1.59. The number of rotatable bonds is 3. The van der Waals surface area contributed by atoms with Gasteiger partial charge in [-0.1, -0.05) is 13.8 Å². The lowest BCUT2D eigenvalue weighted by atomic mass is 10.0. The van der Waals surface area contributed by atoms with Gasteiger partial charge >= 0.3 is 0 Å².